The zero-order valence-electron chi connectivity index (χ0n) is 21.6. The highest BCUT2D eigenvalue weighted by molar-refractivity contribution is 9.10. The van der Waals surface area contributed by atoms with Gasteiger partial charge in [0.15, 0.2) is 34.0 Å². The lowest BCUT2D eigenvalue weighted by molar-refractivity contribution is -0.136. The van der Waals surface area contributed by atoms with Gasteiger partial charge < -0.3 is 35.1 Å². The molecule has 1 aromatic rings. The van der Waals surface area contributed by atoms with Crippen LogP contribution in [0.1, 0.15) is 33.1 Å². The molecule has 14 heteroatoms. The molecule has 4 aliphatic heterocycles. The molecule has 0 bridgehead atoms. The van der Waals surface area contributed by atoms with E-state index in [4.69, 9.17) is 25.3 Å². The van der Waals surface area contributed by atoms with Gasteiger partial charge in [0.2, 0.25) is 12.7 Å². The number of hydrogen-bond donors (Lipinski definition) is 3. The minimum Gasteiger partial charge on any atom is -0.465 e. The number of hydrogen-bond acceptors (Lipinski definition) is 9. The van der Waals surface area contributed by atoms with E-state index in [2.05, 4.69) is 31.2 Å². The molecule has 12 nitrogen and oxygen atoms in total. The third-order valence-electron chi connectivity index (χ3n) is 6.92. The summed E-state index contributed by atoms with van der Waals surface area (Å²) >= 11 is 4.97. The van der Waals surface area contributed by atoms with Crippen molar-refractivity contribution in [1.29, 1.82) is 0 Å². The Labute approximate surface area is 238 Å². The summed E-state index contributed by atoms with van der Waals surface area (Å²) in [6, 6.07) is 3.00. The van der Waals surface area contributed by atoms with Crippen molar-refractivity contribution in [1.82, 2.24) is 29.7 Å². The molecule has 2 amide bonds. The van der Waals surface area contributed by atoms with Crippen LogP contribution in [0.5, 0.6) is 11.5 Å². The zero-order chi connectivity index (χ0) is 27.7. The quantitative estimate of drug-likeness (QED) is 0.337. The highest BCUT2D eigenvalue weighted by atomic mass is 79.9. The predicted molar refractivity (Wildman–Crippen MR) is 147 cm³/mol. The van der Waals surface area contributed by atoms with Crippen molar-refractivity contribution in [2.45, 2.75) is 55.7 Å². The van der Waals surface area contributed by atoms with Gasteiger partial charge in [-0.2, -0.15) is 0 Å². The summed E-state index contributed by atoms with van der Waals surface area (Å²) in [5.74, 6) is 2.28. The number of halogens is 1. The van der Waals surface area contributed by atoms with Gasteiger partial charge in [-0.25, -0.2) is 19.7 Å². The summed E-state index contributed by atoms with van der Waals surface area (Å²) in [5, 5.41) is 12.1. The molecule has 2 atom stereocenters. The summed E-state index contributed by atoms with van der Waals surface area (Å²) in [6.07, 6.45) is 3.15. The first-order valence-electron chi connectivity index (χ1n) is 12.7. The van der Waals surface area contributed by atoms with E-state index in [-0.39, 0.29) is 24.5 Å². The largest absolute Gasteiger partial charge is 0.465 e. The minimum atomic E-state index is -1.19. The van der Waals surface area contributed by atoms with Crippen molar-refractivity contribution in [3.63, 3.8) is 0 Å². The van der Waals surface area contributed by atoms with Crippen molar-refractivity contribution in [2.24, 2.45) is 11.8 Å². The third kappa shape index (κ3) is 6.01. The number of ether oxygens (including phenoxy) is 2. The maximum absolute atomic E-state index is 13.1. The van der Waals surface area contributed by atoms with Crippen LogP contribution in [0.4, 0.5) is 10.6 Å². The average Bonchev–Trinajstić information content (AvgIpc) is 3.54. The predicted octanol–water partition coefficient (Wildman–Crippen LogP) is 3.92. The van der Waals surface area contributed by atoms with Crippen molar-refractivity contribution < 1.29 is 24.2 Å². The number of nitrogens with zero attached hydrogens (tertiary/aromatic N) is 5. The van der Waals surface area contributed by atoms with Crippen LogP contribution >= 0.6 is 27.7 Å². The Morgan fingerprint density at radius 2 is 2.05 bits per heavy atom. The number of amides is 2. The normalized spacial score (nSPS) is 17.5. The number of carboxylic acid groups (broad SMARTS) is 1. The number of piperidine rings is 1. The summed E-state index contributed by atoms with van der Waals surface area (Å²) in [7, 11) is 0. The summed E-state index contributed by atoms with van der Waals surface area (Å²) < 4.78 is 13.7. The molecule has 1 unspecified atom stereocenters. The van der Waals surface area contributed by atoms with Crippen LogP contribution < -0.4 is 20.5 Å². The van der Waals surface area contributed by atoms with Gasteiger partial charge in [0.05, 0.1) is 6.33 Å². The number of nitrogens with one attached hydrogen (secondary N) is 1. The van der Waals surface area contributed by atoms with Crippen LogP contribution in [-0.4, -0.2) is 67.5 Å². The maximum atomic E-state index is 13.1. The minimum absolute atomic E-state index is 0.139. The van der Waals surface area contributed by atoms with E-state index < -0.39 is 12.1 Å². The van der Waals surface area contributed by atoms with E-state index in [1.807, 2.05) is 30.5 Å². The third-order valence-corrected chi connectivity index (χ3v) is 8.76. The number of anilines is 1. The first-order chi connectivity index (χ1) is 18.7. The SMILES string of the molecule is CC(C)[C@H](NC(=O)O)C(=O)N1CCCC(CCn2cnc(N)c3nc(Sc4cc5c(cc4Br)OCO5)nc2-3)C1. The average molecular weight is 621 g/mol. The molecule has 39 heavy (non-hydrogen) atoms. The smallest absolute Gasteiger partial charge is 0.405 e. The Morgan fingerprint density at radius 1 is 1.28 bits per heavy atom. The number of aryl methyl sites for hydroxylation is 1. The van der Waals surface area contributed by atoms with E-state index in [1.54, 1.807) is 11.2 Å². The molecule has 1 saturated heterocycles. The highest BCUT2D eigenvalue weighted by Crippen LogP contribution is 2.43. The van der Waals surface area contributed by atoms with E-state index in [0.717, 1.165) is 28.6 Å². The molecule has 0 aliphatic carbocycles. The van der Waals surface area contributed by atoms with Gasteiger partial charge in [0.1, 0.15) is 6.04 Å². The zero-order valence-corrected chi connectivity index (χ0v) is 24.0. The molecule has 5 rings (SSSR count). The van der Waals surface area contributed by atoms with E-state index in [1.165, 1.54) is 11.8 Å². The molecular formula is C25H30BrN7O5S. The van der Waals surface area contributed by atoms with Crippen LogP contribution in [0.3, 0.4) is 0 Å². The standard InChI is InChI=1S/C25H30BrN7O5S/c1-13(2)19(30-25(35)36)23(34)32-6-3-4-14(10-32)5-7-33-11-28-21(27)20-22(33)31-24(29-20)39-18-9-17-16(8-15(18)26)37-12-38-17/h8-9,11,13-14,19,30H,3-7,10,12,27H2,1-2H3,(H,35,36)/t14?,19-/m0/s1. The van der Waals surface area contributed by atoms with E-state index in [0.29, 0.717) is 53.6 Å². The molecule has 0 radical (unpaired) electrons. The number of carbonyl (C=O) groups excluding carboxylic acids is 1. The van der Waals surface area contributed by atoms with E-state index >= 15 is 0 Å². The second-order valence-corrected chi connectivity index (χ2v) is 11.9. The Bertz CT molecular complexity index is 1350. The number of rotatable bonds is 8. The first-order valence-corrected chi connectivity index (χ1v) is 14.3. The lowest BCUT2D eigenvalue weighted by atomic mass is 9.93. The number of carbonyl (C=O) groups is 2. The van der Waals surface area contributed by atoms with Gasteiger partial charge in [-0.1, -0.05) is 13.8 Å². The van der Waals surface area contributed by atoms with Gasteiger partial charge in [-0.05, 0) is 70.9 Å². The molecule has 0 saturated carbocycles. The Morgan fingerprint density at radius 3 is 2.79 bits per heavy atom. The number of benzene rings is 1. The molecule has 1 aromatic carbocycles. The lowest BCUT2D eigenvalue weighted by Crippen LogP contribution is -2.53. The summed E-state index contributed by atoms with van der Waals surface area (Å²) in [5.41, 5.74) is 6.68. The fraction of sp³-hybridized carbons (Fsp3) is 0.480. The van der Waals surface area contributed by atoms with Crippen molar-refractivity contribution in [3.8, 4) is 23.0 Å². The van der Waals surface area contributed by atoms with Crippen molar-refractivity contribution >= 4 is 45.5 Å². The molecule has 0 spiro atoms. The van der Waals surface area contributed by atoms with Crippen LogP contribution in [0.15, 0.2) is 33.0 Å². The van der Waals surface area contributed by atoms with Gasteiger partial charge in [-0.15, -0.1) is 0 Å². The topological polar surface area (TPSA) is 158 Å². The maximum Gasteiger partial charge on any atom is 0.405 e. The molecule has 0 aromatic heterocycles. The molecular weight excluding hydrogens is 590 g/mol. The number of fused-ring (bicyclic) bond motifs is 2. The number of imidazole rings is 1. The second kappa shape index (κ2) is 11.5. The van der Waals surface area contributed by atoms with Crippen molar-refractivity contribution in [3.05, 3.63) is 22.9 Å². The van der Waals surface area contributed by atoms with Crippen LogP contribution in [-0.2, 0) is 11.3 Å². The molecule has 4 N–H and O–H groups in total. The van der Waals surface area contributed by atoms with Crippen LogP contribution in [0.25, 0.3) is 11.5 Å². The Kier molecular flexibility index (Phi) is 8.03. The molecule has 4 heterocycles. The van der Waals surface area contributed by atoms with Crippen LogP contribution in [0.2, 0.25) is 0 Å². The highest BCUT2D eigenvalue weighted by Gasteiger charge is 2.32. The summed E-state index contributed by atoms with van der Waals surface area (Å²) in [4.78, 5) is 40.7. The monoisotopic (exact) mass is 619 g/mol. The molecule has 1 fully saturated rings. The molecule has 4 aliphatic rings. The number of aromatic nitrogens is 4. The van der Waals surface area contributed by atoms with Crippen molar-refractivity contribution in [2.75, 3.05) is 25.6 Å². The Balaban J connectivity index is 1.27. The number of likely N-dealkylation sites (tertiary alicyclic amines) is 1. The van der Waals surface area contributed by atoms with Gasteiger partial charge in [0, 0.05) is 29.0 Å². The van der Waals surface area contributed by atoms with Gasteiger partial charge in [0.25, 0.3) is 0 Å². The summed E-state index contributed by atoms with van der Waals surface area (Å²) in [6.45, 7) is 5.73. The fourth-order valence-electron chi connectivity index (χ4n) is 4.88. The molecule has 208 valence electrons. The van der Waals surface area contributed by atoms with Gasteiger partial charge >= 0.3 is 6.09 Å². The fourth-order valence-corrected chi connectivity index (χ4v) is 6.24. The van der Waals surface area contributed by atoms with Gasteiger partial charge in [-0.3, -0.25) is 4.79 Å². The Hall–Kier alpha value is -3.26. The first kappa shape index (κ1) is 27.3. The number of nitrogen functional groups attached to an aromatic ring is 1. The number of nitrogens with two attached hydrogens (primary N) is 1. The van der Waals surface area contributed by atoms with Crippen LogP contribution in [0, 0.1) is 11.8 Å². The second-order valence-electron chi connectivity index (χ2n) is 9.99. The van der Waals surface area contributed by atoms with E-state index in [9.17, 15) is 9.59 Å². The lowest BCUT2D eigenvalue weighted by Gasteiger charge is -2.36.